The van der Waals surface area contributed by atoms with Gasteiger partial charge in [-0.05, 0) is 31.0 Å². The molecule has 5 nitrogen and oxygen atoms in total. The minimum Gasteiger partial charge on any atom is -0.248 e. The predicted molar refractivity (Wildman–Crippen MR) is 81.4 cm³/mol. The molecule has 1 N–H and O–H groups in total. The van der Waals surface area contributed by atoms with E-state index in [1.54, 1.807) is 25.3 Å². The highest BCUT2D eigenvalue weighted by Crippen LogP contribution is 2.23. The number of nitriles is 1. The van der Waals surface area contributed by atoms with Gasteiger partial charge in [-0.3, -0.25) is 0 Å². The van der Waals surface area contributed by atoms with Gasteiger partial charge in [0.15, 0.2) is 0 Å². The van der Waals surface area contributed by atoms with Crippen LogP contribution < -0.4 is 4.72 Å². The molecule has 0 fully saturated rings. The van der Waals surface area contributed by atoms with Crippen molar-refractivity contribution in [2.75, 3.05) is 0 Å². The van der Waals surface area contributed by atoms with Crippen LogP contribution in [-0.4, -0.2) is 13.4 Å². The topological polar surface area (TPSA) is 82.9 Å². The first kappa shape index (κ1) is 15.6. The Balaban J connectivity index is 2.36. The Morgan fingerprint density at radius 1 is 1.48 bits per heavy atom. The number of thiazole rings is 1. The first-order chi connectivity index (χ1) is 9.97. The monoisotopic (exact) mass is 321 g/mol. The molecule has 1 aromatic carbocycles. The number of aryl methyl sites for hydroxylation is 1. The van der Waals surface area contributed by atoms with Gasteiger partial charge in [0.25, 0.3) is 0 Å². The molecule has 1 atom stereocenters. The minimum atomic E-state index is -3.70. The molecule has 0 saturated carbocycles. The molecule has 2 rings (SSSR count). The molecule has 0 radical (unpaired) electrons. The number of hydrogen-bond acceptors (Lipinski definition) is 5. The number of nitrogens with zero attached hydrogens (tertiary/aromatic N) is 2. The summed E-state index contributed by atoms with van der Waals surface area (Å²) in [5, 5.41) is 11.5. The summed E-state index contributed by atoms with van der Waals surface area (Å²) in [7, 11) is -3.70. The Bertz CT molecular complexity index is 762. The number of rotatable bonds is 5. The molecule has 0 aliphatic carbocycles. The molecule has 2 aromatic rings. The van der Waals surface area contributed by atoms with Crippen molar-refractivity contribution in [1.29, 1.82) is 5.26 Å². The minimum absolute atomic E-state index is 0.136. The second-order valence-corrected chi connectivity index (χ2v) is 7.15. The van der Waals surface area contributed by atoms with Crippen molar-refractivity contribution in [1.82, 2.24) is 9.71 Å². The third-order valence-electron chi connectivity index (χ3n) is 3.06. The SMILES string of the molecule is CCC(NS(=O)(=O)c1cc(C#N)ccc1C)c1nccs1. The predicted octanol–water partition coefficient (Wildman–Crippen LogP) is 2.75. The maximum absolute atomic E-state index is 12.5. The maximum atomic E-state index is 12.5. The van der Waals surface area contributed by atoms with Crippen LogP contribution >= 0.6 is 11.3 Å². The smallest absolute Gasteiger partial charge is 0.241 e. The van der Waals surface area contributed by atoms with Crippen LogP contribution in [0.2, 0.25) is 0 Å². The van der Waals surface area contributed by atoms with E-state index >= 15 is 0 Å². The van der Waals surface area contributed by atoms with Gasteiger partial charge in [0, 0.05) is 11.6 Å². The van der Waals surface area contributed by atoms with Crippen LogP contribution in [0, 0.1) is 18.3 Å². The van der Waals surface area contributed by atoms with Gasteiger partial charge in [-0.2, -0.15) is 5.26 Å². The van der Waals surface area contributed by atoms with E-state index < -0.39 is 10.0 Å². The zero-order valence-electron chi connectivity index (χ0n) is 11.7. The highest BCUT2D eigenvalue weighted by Gasteiger charge is 2.23. The summed E-state index contributed by atoms with van der Waals surface area (Å²) < 4.78 is 27.7. The van der Waals surface area contributed by atoms with Gasteiger partial charge < -0.3 is 0 Å². The summed E-state index contributed by atoms with van der Waals surface area (Å²) in [6.07, 6.45) is 2.25. The summed E-state index contributed by atoms with van der Waals surface area (Å²) in [4.78, 5) is 4.30. The highest BCUT2D eigenvalue weighted by atomic mass is 32.2. The largest absolute Gasteiger partial charge is 0.248 e. The molecule has 1 aromatic heterocycles. The molecule has 0 bridgehead atoms. The summed E-state index contributed by atoms with van der Waals surface area (Å²) in [6.45, 7) is 3.60. The molecule has 0 spiro atoms. The van der Waals surface area contributed by atoms with Crippen molar-refractivity contribution in [2.45, 2.75) is 31.2 Å². The Morgan fingerprint density at radius 3 is 2.81 bits per heavy atom. The molecule has 0 aliphatic rings. The number of benzene rings is 1. The van der Waals surface area contributed by atoms with Gasteiger partial charge in [0.2, 0.25) is 10.0 Å². The summed E-state index contributed by atoms with van der Waals surface area (Å²) in [5.41, 5.74) is 0.929. The quantitative estimate of drug-likeness (QED) is 0.918. The molecule has 21 heavy (non-hydrogen) atoms. The second-order valence-electron chi connectivity index (χ2n) is 4.54. The van der Waals surface area contributed by atoms with Crippen LogP contribution in [0.3, 0.4) is 0 Å². The average Bonchev–Trinajstić information content (AvgIpc) is 2.99. The van der Waals surface area contributed by atoms with E-state index in [1.165, 1.54) is 17.4 Å². The summed E-state index contributed by atoms with van der Waals surface area (Å²) in [6, 6.07) is 6.23. The normalized spacial score (nSPS) is 12.8. The van der Waals surface area contributed by atoms with Crippen LogP contribution in [0.4, 0.5) is 0 Å². The van der Waals surface area contributed by atoms with E-state index in [1.807, 2.05) is 18.4 Å². The molecule has 0 saturated heterocycles. The van der Waals surface area contributed by atoms with Crippen molar-refractivity contribution in [3.8, 4) is 6.07 Å². The van der Waals surface area contributed by atoms with E-state index in [4.69, 9.17) is 5.26 Å². The van der Waals surface area contributed by atoms with Crippen LogP contribution in [-0.2, 0) is 10.0 Å². The first-order valence-corrected chi connectivity index (χ1v) is 8.76. The lowest BCUT2D eigenvalue weighted by Crippen LogP contribution is -2.28. The molecule has 0 aliphatic heterocycles. The third-order valence-corrected chi connectivity index (χ3v) is 5.56. The van der Waals surface area contributed by atoms with Crippen molar-refractivity contribution in [2.24, 2.45) is 0 Å². The van der Waals surface area contributed by atoms with Crippen molar-refractivity contribution in [3.63, 3.8) is 0 Å². The maximum Gasteiger partial charge on any atom is 0.241 e. The molecular weight excluding hydrogens is 306 g/mol. The van der Waals surface area contributed by atoms with Gasteiger partial charge in [0.1, 0.15) is 5.01 Å². The van der Waals surface area contributed by atoms with Crippen LogP contribution in [0.15, 0.2) is 34.7 Å². The summed E-state index contributed by atoms with van der Waals surface area (Å²) >= 11 is 1.41. The van der Waals surface area contributed by atoms with Gasteiger partial charge in [-0.1, -0.05) is 13.0 Å². The van der Waals surface area contributed by atoms with Crippen LogP contribution in [0.25, 0.3) is 0 Å². The van der Waals surface area contributed by atoms with E-state index in [0.717, 1.165) is 5.01 Å². The van der Waals surface area contributed by atoms with E-state index in [-0.39, 0.29) is 10.9 Å². The number of sulfonamides is 1. The highest BCUT2D eigenvalue weighted by molar-refractivity contribution is 7.89. The molecule has 7 heteroatoms. The molecule has 0 amide bonds. The van der Waals surface area contributed by atoms with Gasteiger partial charge in [-0.25, -0.2) is 18.1 Å². The fraction of sp³-hybridized carbons (Fsp3) is 0.286. The van der Waals surface area contributed by atoms with E-state index in [0.29, 0.717) is 17.5 Å². The van der Waals surface area contributed by atoms with Crippen LogP contribution in [0.5, 0.6) is 0 Å². The molecule has 1 unspecified atom stereocenters. The van der Waals surface area contributed by atoms with Crippen molar-refractivity contribution in [3.05, 3.63) is 45.9 Å². The van der Waals surface area contributed by atoms with Crippen molar-refractivity contribution < 1.29 is 8.42 Å². The van der Waals surface area contributed by atoms with Gasteiger partial charge in [0.05, 0.1) is 22.6 Å². The van der Waals surface area contributed by atoms with Gasteiger partial charge in [-0.15, -0.1) is 11.3 Å². The zero-order chi connectivity index (χ0) is 15.5. The van der Waals surface area contributed by atoms with E-state index in [9.17, 15) is 8.42 Å². The molecule has 110 valence electrons. The van der Waals surface area contributed by atoms with E-state index in [2.05, 4.69) is 9.71 Å². The number of aromatic nitrogens is 1. The first-order valence-electron chi connectivity index (χ1n) is 6.40. The zero-order valence-corrected chi connectivity index (χ0v) is 13.3. The Kier molecular flexibility index (Phi) is 4.73. The Morgan fingerprint density at radius 2 is 2.24 bits per heavy atom. The lowest BCUT2D eigenvalue weighted by molar-refractivity contribution is 0.548. The standard InChI is InChI=1S/C14H15N3O2S2/c1-3-12(14-16-6-7-20-14)17-21(18,19)13-8-11(9-15)5-4-10(13)2/h4-8,12,17H,3H2,1-2H3. The average molecular weight is 321 g/mol. The van der Waals surface area contributed by atoms with Crippen LogP contribution in [0.1, 0.15) is 35.5 Å². The lowest BCUT2D eigenvalue weighted by atomic mass is 10.2. The second kappa shape index (κ2) is 6.35. The fourth-order valence-electron chi connectivity index (χ4n) is 1.92. The number of hydrogen-bond donors (Lipinski definition) is 1. The Hall–Kier alpha value is -1.75. The number of nitrogens with one attached hydrogen (secondary N) is 1. The fourth-order valence-corrected chi connectivity index (χ4v) is 4.33. The third kappa shape index (κ3) is 3.47. The van der Waals surface area contributed by atoms with Gasteiger partial charge >= 0.3 is 0 Å². The molecule has 1 heterocycles. The Labute approximate surface area is 128 Å². The lowest BCUT2D eigenvalue weighted by Gasteiger charge is -2.16. The van der Waals surface area contributed by atoms with Crippen molar-refractivity contribution >= 4 is 21.4 Å². The summed E-state index contributed by atoms with van der Waals surface area (Å²) in [5.74, 6) is 0. The molecular formula is C14H15N3O2S2.